The van der Waals surface area contributed by atoms with Crippen molar-refractivity contribution in [3.63, 3.8) is 0 Å². The molecule has 4 aromatic rings. The summed E-state index contributed by atoms with van der Waals surface area (Å²) in [6.45, 7) is -1.14. The van der Waals surface area contributed by atoms with Gasteiger partial charge in [-0.15, -0.1) is 10.2 Å². The number of carbonyl (C=O) groups excluding carboxylic acids is 1. The molecule has 182 valence electrons. The zero-order valence-electron chi connectivity index (χ0n) is 19.1. The molecule has 0 saturated heterocycles. The standard InChI is InChI=1S/C23H22F2N6O3S/c1-14-19(21(33)31(30(14)3)16-7-5-4-6-8-16)26-18(32)13-35-23-28-27-20(29(23)2)15-9-11-17(12-10-15)34-22(24)25/h4-12,22H,13H2,1-3H3,(H,26,32). The van der Waals surface area contributed by atoms with E-state index in [-0.39, 0.29) is 28.7 Å². The van der Waals surface area contributed by atoms with Crippen molar-refractivity contribution in [2.24, 2.45) is 14.1 Å². The second kappa shape index (κ2) is 10.1. The zero-order chi connectivity index (χ0) is 25.1. The lowest BCUT2D eigenvalue weighted by atomic mass is 10.2. The van der Waals surface area contributed by atoms with Crippen LogP contribution in [0, 0.1) is 6.92 Å². The van der Waals surface area contributed by atoms with Gasteiger partial charge < -0.3 is 14.6 Å². The minimum atomic E-state index is -2.90. The summed E-state index contributed by atoms with van der Waals surface area (Å²) in [6, 6.07) is 15.2. The summed E-state index contributed by atoms with van der Waals surface area (Å²) in [5.74, 6) is 0.187. The molecule has 2 aromatic carbocycles. The summed E-state index contributed by atoms with van der Waals surface area (Å²) >= 11 is 1.16. The molecule has 0 atom stereocenters. The molecule has 0 unspecified atom stereocenters. The number of nitrogens with one attached hydrogen (secondary N) is 1. The Morgan fingerprint density at radius 2 is 1.77 bits per heavy atom. The van der Waals surface area contributed by atoms with Crippen LogP contribution in [0.4, 0.5) is 14.5 Å². The third-order valence-electron chi connectivity index (χ3n) is 5.32. The molecule has 35 heavy (non-hydrogen) atoms. The molecule has 12 heteroatoms. The van der Waals surface area contributed by atoms with E-state index >= 15 is 0 Å². The first-order valence-electron chi connectivity index (χ1n) is 10.5. The van der Waals surface area contributed by atoms with E-state index in [4.69, 9.17) is 0 Å². The Kier molecular flexibility index (Phi) is 7.01. The molecule has 1 N–H and O–H groups in total. The lowest BCUT2D eigenvalue weighted by Crippen LogP contribution is -2.23. The molecule has 0 bridgehead atoms. The van der Waals surface area contributed by atoms with E-state index in [2.05, 4.69) is 20.3 Å². The van der Waals surface area contributed by atoms with Gasteiger partial charge in [0.25, 0.3) is 5.56 Å². The number of alkyl halides is 2. The average Bonchev–Trinajstić information content (AvgIpc) is 3.30. The first-order valence-corrected chi connectivity index (χ1v) is 11.5. The van der Waals surface area contributed by atoms with Gasteiger partial charge in [-0.3, -0.25) is 14.3 Å². The average molecular weight is 501 g/mol. The fourth-order valence-electron chi connectivity index (χ4n) is 3.50. The molecule has 1 amide bonds. The van der Waals surface area contributed by atoms with Crippen LogP contribution in [0.5, 0.6) is 5.75 Å². The van der Waals surface area contributed by atoms with Gasteiger partial charge >= 0.3 is 6.61 Å². The molecule has 0 spiro atoms. The number of nitrogens with zero attached hydrogens (tertiary/aromatic N) is 5. The predicted molar refractivity (Wildman–Crippen MR) is 128 cm³/mol. The fourth-order valence-corrected chi connectivity index (χ4v) is 4.21. The Labute approximate surface area is 203 Å². The molecular formula is C23H22F2N6O3S. The van der Waals surface area contributed by atoms with Crippen LogP contribution in [0.3, 0.4) is 0 Å². The van der Waals surface area contributed by atoms with Crippen LogP contribution < -0.4 is 15.6 Å². The monoisotopic (exact) mass is 500 g/mol. The summed E-state index contributed by atoms with van der Waals surface area (Å²) in [5.41, 5.74) is 1.86. The second-order valence-electron chi connectivity index (χ2n) is 7.54. The van der Waals surface area contributed by atoms with E-state index < -0.39 is 6.61 Å². The Morgan fingerprint density at radius 3 is 2.43 bits per heavy atom. The van der Waals surface area contributed by atoms with Crippen molar-refractivity contribution >= 4 is 23.4 Å². The predicted octanol–water partition coefficient (Wildman–Crippen LogP) is 3.61. The maximum Gasteiger partial charge on any atom is 0.387 e. The van der Waals surface area contributed by atoms with E-state index in [9.17, 15) is 18.4 Å². The molecule has 0 aliphatic carbocycles. The summed E-state index contributed by atoms with van der Waals surface area (Å²) in [7, 11) is 3.49. The number of ether oxygens (including phenoxy) is 1. The van der Waals surface area contributed by atoms with Gasteiger partial charge in [0, 0.05) is 19.7 Å². The third-order valence-corrected chi connectivity index (χ3v) is 6.34. The Bertz CT molecular complexity index is 1400. The normalized spacial score (nSPS) is 11.1. The molecule has 2 heterocycles. The van der Waals surface area contributed by atoms with Crippen molar-refractivity contribution in [2.45, 2.75) is 18.7 Å². The largest absolute Gasteiger partial charge is 0.435 e. The summed E-state index contributed by atoms with van der Waals surface area (Å²) in [4.78, 5) is 25.6. The highest BCUT2D eigenvalue weighted by molar-refractivity contribution is 7.99. The van der Waals surface area contributed by atoms with E-state index in [1.807, 2.05) is 30.3 Å². The van der Waals surface area contributed by atoms with Gasteiger partial charge in [0.1, 0.15) is 11.4 Å². The molecule has 0 aliphatic rings. The fraction of sp³-hybridized carbons (Fsp3) is 0.217. The third kappa shape index (κ3) is 5.11. The molecule has 0 aliphatic heterocycles. The first-order chi connectivity index (χ1) is 16.8. The smallest absolute Gasteiger partial charge is 0.387 e. The number of benzene rings is 2. The highest BCUT2D eigenvalue weighted by atomic mass is 32.2. The maximum absolute atomic E-state index is 13.0. The Hall–Kier alpha value is -3.93. The van der Waals surface area contributed by atoms with Crippen LogP contribution in [0.25, 0.3) is 17.1 Å². The van der Waals surface area contributed by atoms with Gasteiger partial charge in [0.2, 0.25) is 5.91 Å². The molecule has 4 rings (SSSR count). The maximum atomic E-state index is 13.0. The van der Waals surface area contributed by atoms with Crippen molar-refractivity contribution in [2.75, 3.05) is 11.1 Å². The Balaban J connectivity index is 1.44. The number of hydrogen-bond acceptors (Lipinski definition) is 6. The van der Waals surface area contributed by atoms with E-state index in [0.717, 1.165) is 11.8 Å². The number of halogens is 2. The van der Waals surface area contributed by atoms with Gasteiger partial charge in [-0.1, -0.05) is 30.0 Å². The van der Waals surface area contributed by atoms with Crippen molar-refractivity contribution in [1.82, 2.24) is 24.1 Å². The highest BCUT2D eigenvalue weighted by Crippen LogP contribution is 2.25. The lowest BCUT2D eigenvalue weighted by molar-refractivity contribution is -0.113. The van der Waals surface area contributed by atoms with Crippen LogP contribution in [-0.4, -0.2) is 42.4 Å². The second-order valence-corrected chi connectivity index (χ2v) is 8.48. The van der Waals surface area contributed by atoms with Gasteiger partial charge in [0.15, 0.2) is 11.0 Å². The van der Waals surface area contributed by atoms with Gasteiger partial charge in [-0.2, -0.15) is 8.78 Å². The quantitative estimate of drug-likeness (QED) is 0.372. The zero-order valence-corrected chi connectivity index (χ0v) is 19.9. The number of thioether (sulfide) groups is 1. The number of rotatable bonds is 8. The minimum absolute atomic E-state index is 0.00620. The van der Waals surface area contributed by atoms with Gasteiger partial charge in [0.05, 0.1) is 17.1 Å². The number of anilines is 1. The summed E-state index contributed by atoms with van der Waals surface area (Å²) in [6.07, 6.45) is 0. The number of amides is 1. The summed E-state index contributed by atoms with van der Waals surface area (Å²) < 4.78 is 33.9. The topological polar surface area (TPSA) is 96.0 Å². The number of aromatic nitrogens is 5. The van der Waals surface area contributed by atoms with E-state index in [1.165, 1.54) is 16.8 Å². The van der Waals surface area contributed by atoms with Crippen molar-refractivity contribution in [3.8, 4) is 22.8 Å². The summed E-state index contributed by atoms with van der Waals surface area (Å²) in [5, 5.41) is 11.4. The first kappa shape index (κ1) is 24.2. The van der Waals surface area contributed by atoms with Gasteiger partial charge in [-0.05, 0) is 43.3 Å². The highest BCUT2D eigenvalue weighted by Gasteiger charge is 2.19. The molecule has 9 nitrogen and oxygen atoms in total. The van der Waals surface area contributed by atoms with Crippen molar-refractivity contribution < 1.29 is 18.3 Å². The SMILES string of the molecule is Cc1c(NC(=O)CSc2nnc(-c3ccc(OC(F)F)cc3)n2C)c(=O)n(-c2ccccc2)n1C. The van der Waals surface area contributed by atoms with Gasteiger partial charge in [-0.25, -0.2) is 4.68 Å². The molecule has 0 fully saturated rings. The van der Waals surface area contributed by atoms with Crippen LogP contribution in [0.1, 0.15) is 5.69 Å². The van der Waals surface area contributed by atoms with E-state index in [1.54, 1.807) is 42.4 Å². The molecule has 2 aromatic heterocycles. The van der Waals surface area contributed by atoms with E-state index in [0.29, 0.717) is 27.9 Å². The number of carbonyl (C=O) groups is 1. The molecule has 0 saturated carbocycles. The van der Waals surface area contributed by atoms with Crippen molar-refractivity contribution in [3.05, 3.63) is 70.6 Å². The Morgan fingerprint density at radius 1 is 1.09 bits per heavy atom. The minimum Gasteiger partial charge on any atom is -0.435 e. The molecule has 0 radical (unpaired) electrons. The van der Waals surface area contributed by atoms with Crippen LogP contribution in [-0.2, 0) is 18.9 Å². The van der Waals surface area contributed by atoms with Crippen LogP contribution >= 0.6 is 11.8 Å². The number of hydrogen-bond donors (Lipinski definition) is 1. The molecular weight excluding hydrogens is 478 g/mol. The van der Waals surface area contributed by atoms with Crippen molar-refractivity contribution in [1.29, 1.82) is 0 Å². The number of para-hydroxylation sites is 1. The lowest BCUT2D eigenvalue weighted by Gasteiger charge is -2.07. The van der Waals surface area contributed by atoms with Crippen LogP contribution in [0.2, 0.25) is 0 Å². The van der Waals surface area contributed by atoms with Crippen LogP contribution in [0.15, 0.2) is 64.5 Å².